The summed E-state index contributed by atoms with van der Waals surface area (Å²) >= 11 is 1.42. The first-order valence-corrected chi connectivity index (χ1v) is 8.40. The van der Waals surface area contributed by atoms with Crippen molar-refractivity contribution in [2.75, 3.05) is 17.2 Å². The Morgan fingerprint density at radius 2 is 2.13 bits per heavy atom. The average molecular weight is 329 g/mol. The Hall–Kier alpha value is -2.34. The van der Waals surface area contributed by atoms with Gasteiger partial charge >= 0.3 is 0 Å². The van der Waals surface area contributed by atoms with Crippen molar-refractivity contribution in [2.24, 2.45) is 0 Å². The molecule has 0 saturated heterocycles. The fourth-order valence-corrected chi connectivity index (χ4v) is 3.69. The number of hydrogen-bond donors (Lipinski definition) is 2. The van der Waals surface area contributed by atoms with Gasteiger partial charge in [0, 0.05) is 29.7 Å². The van der Waals surface area contributed by atoms with Gasteiger partial charge in [-0.25, -0.2) is 0 Å². The minimum absolute atomic E-state index is 0.00405. The maximum atomic E-state index is 12.8. The summed E-state index contributed by atoms with van der Waals surface area (Å²) in [6, 6.07) is 9.43. The van der Waals surface area contributed by atoms with Crippen LogP contribution in [0.3, 0.4) is 0 Å². The molecule has 2 amide bonds. The number of nitrogens with two attached hydrogens (primary N) is 1. The number of fused-ring (bicyclic) bond motifs is 1. The lowest BCUT2D eigenvalue weighted by molar-refractivity contribution is -0.119. The van der Waals surface area contributed by atoms with Crippen LogP contribution in [-0.4, -0.2) is 18.4 Å². The fraction of sp³-hybridized carbons (Fsp3) is 0.294. The second-order valence-electron chi connectivity index (χ2n) is 5.58. The van der Waals surface area contributed by atoms with Crippen LogP contribution in [0.4, 0.5) is 11.4 Å². The van der Waals surface area contributed by atoms with Gasteiger partial charge < -0.3 is 16.0 Å². The van der Waals surface area contributed by atoms with Gasteiger partial charge in [-0.1, -0.05) is 6.07 Å². The van der Waals surface area contributed by atoms with Gasteiger partial charge in [-0.15, -0.1) is 11.3 Å². The minimum atomic E-state index is -0.0771. The van der Waals surface area contributed by atoms with Gasteiger partial charge in [0.1, 0.15) is 0 Å². The number of hydrogen-bond acceptors (Lipinski definition) is 4. The van der Waals surface area contributed by atoms with Crippen LogP contribution in [0.5, 0.6) is 0 Å². The zero-order chi connectivity index (χ0) is 16.4. The monoisotopic (exact) mass is 329 g/mol. The third kappa shape index (κ3) is 3.22. The number of amides is 2. The Morgan fingerprint density at radius 1 is 1.30 bits per heavy atom. The van der Waals surface area contributed by atoms with E-state index in [0.29, 0.717) is 18.0 Å². The molecule has 0 unspecified atom stereocenters. The van der Waals surface area contributed by atoms with Crippen LogP contribution in [0.2, 0.25) is 0 Å². The third-order valence-electron chi connectivity index (χ3n) is 3.92. The van der Waals surface area contributed by atoms with E-state index in [2.05, 4.69) is 5.32 Å². The van der Waals surface area contributed by atoms with Crippen molar-refractivity contribution in [1.29, 1.82) is 0 Å². The number of thiophene rings is 1. The van der Waals surface area contributed by atoms with E-state index in [1.165, 1.54) is 18.3 Å². The molecule has 1 aliphatic rings. The zero-order valence-corrected chi connectivity index (χ0v) is 13.8. The molecular formula is C17H19N3O2S. The van der Waals surface area contributed by atoms with Crippen LogP contribution in [-0.2, 0) is 17.8 Å². The Labute approximate surface area is 139 Å². The van der Waals surface area contributed by atoms with Crippen molar-refractivity contribution in [3.05, 3.63) is 45.6 Å². The number of nitrogens with one attached hydrogen (secondary N) is 1. The molecular weight excluding hydrogens is 310 g/mol. The first-order valence-electron chi connectivity index (χ1n) is 7.58. The molecule has 0 atom stereocenters. The van der Waals surface area contributed by atoms with Crippen molar-refractivity contribution >= 4 is 34.5 Å². The smallest absolute Gasteiger partial charge is 0.268 e. The van der Waals surface area contributed by atoms with Gasteiger partial charge in [0.05, 0.1) is 11.4 Å². The highest BCUT2D eigenvalue weighted by Gasteiger charge is 2.25. The second kappa shape index (κ2) is 6.42. The molecule has 3 rings (SSSR count). The highest BCUT2D eigenvalue weighted by molar-refractivity contribution is 7.14. The minimum Gasteiger partial charge on any atom is -0.398 e. The number of carbonyl (C=O) groups is 2. The molecule has 1 aliphatic heterocycles. The quantitative estimate of drug-likeness (QED) is 0.850. The largest absolute Gasteiger partial charge is 0.398 e. The molecule has 0 bridgehead atoms. The van der Waals surface area contributed by atoms with Gasteiger partial charge in [-0.05, 0) is 42.7 Å². The summed E-state index contributed by atoms with van der Waals surface area (Å²) in [6.07, 6.45) is 1.82. The number of rotatable bonds is 3. The lowest BCUT2D eigenvalue weighted by Crippen LogP contribution is -2.35. The average Bonchev–Trinajstić information content (AvgIpc) is 3.01. The van der Waals surface area contributed by atoms with Crippen molar-refractivity contribution in [2.45, 2.75) is 26.3 Å². The molecule has 6 heteroatoms. The third-order valence-corrected chi connectivity index (χ3v) is 4.99. The van der Waals surface area contributed by atoms with Gasteiger partial charge in [0.2, 0.25) is 5.91 Å². The van der Waals surface area contributed by atoms with E-state index in [-0.39, 0.29) is 11.8 Å². The Balaban J connectivity index is 1.82. The molecule has 0 saturated carbocycles. The maximum absolute atomic E-state index is 12.8. The molecule has 0 aliphatic carbocycles. The predicted octanol–water partition coefficient (Wildman–Crippen LogP) is 2.56. The van der Waals surface area contributed by atoms with Crippen LogP contribution < -0.4 is 16.0 Å². The summed E-state index contributed by atoms with van der Waals surface area (Å²) in [4.78, 5) is 27.3. The molecule has 23 heavy (non-hydrogen) atoms. The van der Waals surface area contributed by atoms with E-state index >= 15 is 0 Å². The molecule has 1 aromatic carbocycles. The zero-order valence-electron chi connectivity index (χ0n) is 13.0. The summed E-state index contributed by atoms with van der Waals surface area (Å²) in [5.41, 5.74) is 8.76. The Bertz CT molecular complexity index is 754. The lowest BCUT2D eigenvalue weighted by Gasteiger charge is -2.30. The standard InChI is InChI=1S/C17H19N3O2S/c1-11(21)19-10-12-7-8-16(23-12)17(22)20-9-3-4-13-14(18)5-2-6-15(13)20/h2,5-8H,3-4,9-10,18H2,1H3,(H,19,21). The predicted molar refractivity (Wildman–Crippen MR) is 92.7 cm³/mol. The van der Waals surface area contributed by atoms with Crippen LogP contribution >= 0.6 is 11.3 Å². The van der Waals surface area contributed by atoms with Crippen LogP contribution in [0, 0.1) is 0 Å². The number of carbonyl (C=O) groups excluding carboxylic acids is 2. The summed E-state index contributed by atoms with van der Waals surface area (Å²) < 4.78 is 0. The van der Waals surface area contributed by atoms with E-state index in [1.807, 2.05) is 35.2 Å². The number of benzene rings is 1. The molecule has 2 heterocycles. The first kappa shape index (κ1) is 15.6. The van der Waals surface area contributed by atoms with E-state index < -0.39 is 0 Å². The van der Waals surface area contributed by atoms with Crippen molar-refractivity contribution in [1.82, 2.24) is 5.32 Å². The summed E-state index contributed by atoms with van der Waals surface area (Å²) in [7, 11) is 0. The van der Waals surface area contributed by atoms with E-state index in [9.17, 15) is 9.59 Å². The normalized spacial score (nSPS) is 13.5. The van der Waals surface area contributed by atoms with E-state index in [1.54, 1.807) is 0 Å². The summed E-state index contributed by atoms with van der Waals surface area (Å²) in [5, 5.41) is 2.75. The van der Waals surface area contributed by atoms with E-state index in [4.69, 9.17) is 5.73 Å². The van der Waals surface area contributed by atoms with Crippen molar-refractivity contribution in [3.8, 4) is 0 Å². The van der Waals surface area contributed by atoms with Gasteiger partial charge in [-0.3, -0.25) is 9.59 Å². The molecule has 0 fully saturated rings. The van der Waals surface area contributed by atoms with Crippen LogP contribution in [0.1, 0.15) is 33.5 Å². The number of nitrogen functional groups attached to an aromatic ring is 1. The molecule has 3 N–H and O–H groups in total. The molecule has 5 nitrogen and oxygen atoms in total. The molecule has 2 aromatic rings. The van der Waals surface area contributed by atoms with Gasteiger partial charge in [0.25, 0.3) is 5.91 Å². The SMILES string of the molecule is CC(=O)NCc1ccc(C(=O)N2CCCc3c(N)cccc32)s1. The molecule has 120 valence electrons. The van der Waals surface area contributed by atoms with E-state index in [0.717, 1.165) is 34.7 Å². The number of nitrogens with zero attached hydrogens (tertiary/aromatic N) is 1. The highest BCUT2D eigenvalue weighted by Crippen LogP contribution is 2.33. The van der Waals surface area contributed by atoms with Crippen LogP contribution in [0.25, 0.3) is 0 Å². The first-order chi connectivity index (χ1) is 11.1. The van der Waals surface area contributed by atoms with Gasteiger partial charge in [-0.2, -0.15) is 0 Å². The van der Waals surface area contributed by atoms with Crippen molar-refractivity contribution < 1.29 is 9.59 Å². The van der Waals surface area contributed by atoms with Crippen molar-refractivity contribution in [3.63, 3.8) is 0 Å². The molecule has 1 aromatic heterocycles. The second-order valence-corrected chi connectivity index (χ2v) is 6.75. The number of anilines is 2. The molecule has 0 spiro atoms. The highest BCUT2D eigenvalue weighted by atomic mass is 32.1. The maximum Gasteiger partial charge on any atom is 0.268 e. The Kier molecular flexibility index (Phi) is 4.34. The lowest BCUT2D eigenvalue weighted by atomic mass is 10.00. The summed E-state index contributed by atoms with van der Waals surface area (Å²) in [5.74, 6) is -0.0812. The van der Waals surface area contributed by atoms with Gasteiger partial charge in [0.15, 0.2) is 0 Å². The Morgan fingerprint density at radius 3 is 2.91 bits per heavy atom. The molecule has 0 radical (unpaired) electrons. The summed E-state index contributed by atoms with van der Waals surface area (Å²) in [6.45, 7) is 2.64. The topological polar surface area (TPSA) is 75.4 Å². The fourth-order valence-electron chi connectivity index (χ4n) is 2.80. The van der Waals surface area contributed by atoms with Crippen LogP contribution in [0.15, 0.2) is 30.3 Å².